The highest BCUT2D eigenvalue weighted by atomic mass is 79.9. The molecule has 5 heteroatoms. The summed E-state index contributed by atoms with van der Waals surface area (Å²) < 4.78 is 0.962. The van der Waals surface area contributed by atoms with Crippen LogP contribution in [0.3, 0.4) is 0 Å². The van der Waals surface area contributed by atoms with Crippen molar-refractivity contribution in [2.45, 2.75) is 40.0 Å². The Morgan fingerprint density at radius 2 is 1.95 bits per heavy atom. The topological polar surface area (TPSA) is 37.8 Å². The van der Waals surface area contributed by atoms with Crippen LogP contribution in [0.25, 0.3) is 10.7 Å². The fourth-order valence-electron chi connectivity index (χ4n) is 1.89. The van der Waals surface area contributed by atoms with Crippen molar-refractivity contribution in [1.29, 1.82) is 0 Å². The summed E-state index contributed by atoms with van der Waals surface area (Å²) >= 11 is 5.37. The lowest BCUT2D eigenvalue weighted by molar-refractivity contribution is 0.564. The number of anilines is 1. The molecule has 0 aliphatic carbocycles. The monoisotopic (exact) mass is 353 g/mol. The third kappa shape index (κ3) is 3.20. The van der Waals surface area contributed by atoms with E-state index in [4.69, 9.17) is 4.98 Å². The Morgan fingerprint density at radius 1 is 1.25 bits per heavy atom. The Balaban J connectivity index is 2.61. The largest absolute Gasteiger partial charge is 0.369 e. The molecule has 0 saturated carbocycles. The molecule has 2 rings (SSSR count). The molecule has 0 unspecified atom stereocenters. The van der Waals surface area contributed by atoms with E-state index in [9.17, 15) is 0 Å². The van der Waals surface area contributed by atoms with Crippen molar-refractivity contribution in [3.8, 4) is 10.7 Å². The smallest absolute Gasteiger partial charge is 0.171 e. The minimum atomic E-state index is -0.0347. The van der Waals surface area contributed by atoms with Crippen LogP contribution in [0.2, 0.25) is 0 Å². The molecule has 0 radical (unpaired) electrons. The number of aryl methyl sites for hydroxylation is 1. The van der Waals surface area contributed by atoms with Crippen molar-refractivity contribution in [2.75, 3.05) is 11.9 Å². The summed E-state index contributed by atoms with van der Waals surface area (Å²) in [5.41, 5.74) is 0.997. The van der Waals surface area contributed by atoms with Gasteiger partial charge in [0.1, 0.15) is 5.82 Å². The van der Waals surface area contributed by atoms with Crippen molar-refractivity contribution < 1.29 is 0 Å². The molecule has 2 aromatic rings. The molecule has 0 bridgehead atoms. The molecular weight excluding hydrogens is 334 g/mol. The highest BCUT2D eigenvalue weighted by Gasteiger charge is 2.23. The van der Waals surface area contributed by atoms with Gasteiger partial charge in [-0.25, -0.2) is 9.97 Å². The van der Waals surface area contributed by atoms with Gasteiger partial charge in [-0.05, 0) is 41.9 Å². The van der Waals surface area contributed by atoms with Crippen LogP contribution in [0.15, 0.2) is 16.6 Å². The minimum absolute atomic E-state index is 0.0347. The standard InChI is InChI=1S/C15H20BrN3S/c1-6-17-14-11(16)12(15(3,4)5)18-13(19-14)10-8-7-9(2)20-10/h7-8H,6H2,1-5H3,(H,17,18,19). The SMILES string of the molecule is CCNc1nc(-c2ccc(C)s2)nc(C(C)(C)C)c1Br. The van der Waals surface area contributed by atoms with E-state index in [0.29, 0.717) is 0 Å². The van der Waals surface area contributed by atoms with Gasteiger partial charge in [-0.1, -0.05) is 20.8 Å². The molecule has 2 aromatic heterocycles. The van der Waals surface area contributed by atoms with Crippen LogP contribution in [0.1, 0.15) is 38.3 Å². The molecular formula is C15H20BrN3S. The van der Waals surface area contributed by atoms with Crippen LogP contribution in [0, 0.1) is 6.92 Å². The molecule has 0 fully saturated rings. The molecule has 0 amide bonds. The van der Waals surface area contributed by atoms with E-state index >= 15 is 0 Å². The number of halogens is 1. The van der Waals surface area contributed by atoms with Gasteiger partial charge >= 0.3 is 0 Å². The number of rotatable bonds is 3. The van der Waals surface area contributed by atoms with Crippen LogP contribution < -0.4 is 5.32 Å². The summed E-state index contributed by atoms with van der Waals surface area (Å²) in [5, 5.41) is 3.31. The molecule has 2 heterocycles. The zero-order valence-electron chi connectivity index (χ0n) is 12.5. The Labute approximate surface area is 133 Å². The number of hydrogen-bond donors (Lipinski definition) is 1. The van der Waals surface area contributed by atoms with Crippen LogP contribution in [-0.2, 0) is 5.41 Å². The zero-order chi connectivity index (χ0) is 14.9. The fourth-order valence-corrected chi connectivity index (χ4v) is 3.61. The molecule has 0 aliphatic rings. The third-order valence-corrected chi connectivity index (χ3v) is 4.61. The van der Waals surface area contributed by atoms with E-state index in [1.54, 1.807) is 11.3 Å². The maximum Gasteiger partial charge on any atom is 0.171 e. The minimum Gasteiger partial charge on any atom is -0.369 e. The number of hydrogen-bond acceptors (Lipinski definition) is 4. The Hall–Kier alpha value is -0.940. The van der Waals surface area contributed by atoms with Gasteiger partial charge in [-0.15, -0.1) is 11.3 Å². The number of thiophene rings is 1. The van der Waals surface area contributed by atoms with Crippen LogP contribution in [0.4, 0.5) is 5.82 Å². The van der Waals surface area contributed by atoms with E-state index in [0.717, 1.165) is 33.2 Å². The normalized spacial score (nSPS) is 11.7. The number of nitrogens with zero attached hydrogens (tertiary/aromatic N) is 2. The average molecular weight is 354 g/mol. The Bertz CT molecular complexity index is 614. The summed E-state index contributed by atoms with van der Waals surface area (Å²) in [4.78, 5) is 11.8. The molecule has 20 heavy (non-hydrogen) atoms. The lowest BCUT2D eigenvalue weighted by atomic mass is 9.92. The highest BCUT2D eigenvalue weighted by molar-refractivity contribution is 9.10. The summed E-state index contributed by atoms with van der Waals surface area (Å²) in [7, 11) is 0. The molecule has 0 spiro atoms. The zero-order valence-corrected chi connectivity index (χ0v) is 14.9. The lowest BCUT2D eigenvalue weighted by Crippen LogP contribution is -2.17. The van der Waals surface area contributed by atoms with Crippen LogP contribution >= 0.6 is 27.3 Å². The fraction of sp³-hybridized carbons (Fsp3) is 0.467. The van der Waals surface area contributed by atoms with Gasteiger partial charge in [0.05, 0.1) is 15.0 Å². The molecule has 0 saturated heterocycles. The van der Waals surface area contributed by atoms with Gasteiger partial charge in [0.25, 0.3) is 0 Å². The first-order valence-electron chi connectivity index (χ1n) is 6.71. The first kappa shape index (κ1) is 15.4. The van der Waals surface area contributed by atoms with Crippen molar-refractivity contribution in [3.05, 3.63) is 27.2 Å². The Kier molecular flexibility index (Phi) is 4.49. The molecule has 108 valence electrons. The summed E-state index contributed by atoms with van der Waals surface area (Å²) in [5.74, 6) is 1.67. The summed E-state index contributed by atoms with van der Waals surface area (Å²) in [6, 6.07) is 4.19. The third-order valence-electron chi connectivity index (χ3n) is 2.87. The van der Waals surface area contributed by atoms with Gasteiger partial charge in [0.2, 0.25) is 0 Å². The first-order valence-corrected chi connectivity index (χ1v) is 8.32. The quantitative estimate of drug-likeness (QED) is 0.842. The summed E-state index contributed by atoms with van der Waals surface area (Å²) in [6.07, 6.45) is 0. The molecule has 0 aliphatic heterocycles. The molecule has 1 N–H and O–H groups in total. The van der Waals surface area contributed by atoms with Gasteiger partial charge in [0, 0.05) is 16.8 Å². The van der Waals surface area contributed by atoms with E-state index in [1.165, 1.54) is 4.88 Å². The molecule has 3 nitrogen and oxygen atoms in total. The van der Waals surface area contributed by atoms with Crippen molar-refractivity contribution in [2.24, 2.45) is 0 Å². The first-order chi connectivity index (χ1) is 9.32. The predicted molar refractivity (Wildman–Crippen MR) is 90.6 cm³/mol. The van der Waals surface area contributed by atoms with Gasteiger partial charge in [-0.3, -0.25) is 0 Å². The lowest BCUT2D eigenvalue weighted by Gasteiger charge is -2.21. The van der Waals surface area contributed by atoms with Crippen LogP contribution in [-0.4, -0.2) is 16.5 Å². The van der Waals surface area contributed by atoms with E-state index < -0.39 is 0 Å². The number of aromatic nitrogens is 2. The second kappa shape index (κ2) is 5.82. The summed E-state index contributed by atoms with van der Waals surface area (Å²) in [6.45, 7) is 11.5. The van der Waals surface area contributed by atoms with Crippen molar-refractivity contribution in [3.63, 3.8) is 0 Å². The molecule has 0 atom stereocenters. The van der Waals surface area contributed by atoms with Gasteiger partial charge in [0.15, 0.2) is 5.82 Å². The average Bonchev–Trinajstić information content (AvgIpc) is 2.77. The van der Waals surface area contributed by atoms with E-state index in [2.05, 4.69) is 73.0 Å². The number of nitrogens with one attached hydrogen (secondary N) is 1. The van der Waals surface area contributed by atoms with Crippen molar-refractivity contribution >= 4 is 33.1 Å². The van der Waals surface area contributed by atoms with E-state index in [1.807, 2.05) is 0 Å². The predicted octanol–water partition coefficient (Wildman–Crippen LogP) is 5.01. The van der Waals surface area contributed by atoms with Crippen molar-refractivity contribution in [1.82, 2.24) is 9.97 Å². The van der Waals surface area contributed by atoms with E-state index in [-0.39, 0.29) is 5.41 Å². The van der Waals surface area contributed by atoms with Gasteiger partial charge in [-0.2, -0.15) is 0 Å². The Morgan fingerprint density at radius 3 is 2.45 bits per heavy atom. The van der Waals surface area contributed by atoms with Crippen LogP contribution in [0.5, 0.6) is 0 Å². The highest BCUT2D eigenvalue weighted by Crippen LogP contribution is 2.35. The maximum absolute atomic E-state index is 4.78. The second-order valence-electron chi connectivity index (χ2n) is 5.75. The molecule has 0 aromatic carbocycles. The maximum atomic E-state index is 4.78. The van der Waals surface area contributed by atoms with Gasteiger partial charge < -0.3 is 5.32 Å². The second-order valence-corrected chi connectivity index (χ2v) is 7.83.